The lowest BCUT2D eigenvalue weighted by Gasteiger charge is -2.24. The van der Waals surface area contributed by atoms with Crippen LogP contribution in [0.25, 0.3) is 0 Å². The van der Waals surface area contributed by atoms with E-state index in [-0.39, 0.29) is 31.7 Å². The molecule has 0 saturated heterocycles. The standard InChI is InChI=1S/C16H28N4O7/c1-8(2)6-11(15(25)18-9(3)16(26)27)20-14(24)10(4-5-13(22)23)19-12(21)7-17/h8-11H,4-7,17H2,1-3H3,(H,18,25)(H,19,21)(H,20,24)(H,22,23)(H,26,27). The second kappa shape index (κ2) is 11.8. The van der Waals surface area contributed by atoms with Crippen molar-refractivity contribution in [2.75, 3.05) is 6.54 Å². The summed E-state index contributed by atoms with van der Waals surface area (Å²) in [6.45, 7) is 4.52. The molecular formula is C16H28N4O7. The van der Waals surface area contributed by atoms with E-state index in [2.05, 4.69) is 16.0 Å². The Balaban J connectivity index is 5.21. The van der Waals surface area contributed by atoms with Crippen molar-refractivity contribution in [2.45, 2.75) is 58.2 Å². The van der Waals surface area contributed by atoms with Gasteiger partial charge >= 0.3 is 11.9 Å². The first kappa shape index (κ1) is 24.3. The van der Waals surface area contributed by atoms with Crippen LogP contribution in [0.5, 0.6) is 0 Å². The Morgan fingerprint density at radius 2 is 1.44 bits per heavy atom. The topological polar surface area (TPSA) is 188 Å². The normalized spacial score (nSPS) is 14.0. The molecule has 0 heterocycles. The number of hydrogen-bond donors (Lipinski definition) is 6. The molecule has 0 aliphatic carbocycles. The zero-order valence-electron chi connectivity index (χ0n) is 15.7. The molecular weight excluding hydrogens is 360 g/mol. The molecule has 27 heavy (non-hydrogen) atoms. The van der Waals surface area contributed by atoms with E-state index in [1.165, 1.54) is 6.92 Å². The maximum absolute atomic E-state index is 12.5. The molecule has 0 saturated carbocycles. The van der Waals surface area contributed by atoms with Crippen LogP contribution in [-0.2, 0) is 24.0 Å². The van der Waals surface area contributed by atoms with Crippen LogP contribution in [0.3, 0.4) is 0 Å². The maximum Gasteiger partial charge on any atom is 0.325 e. The van der Waals surface area contributed by atoms with Gasteiger partial charge in [-0.3, -0.25) is 24.0 Å². The molecule has 0 fully saturated rings. The van der Waals surface area contributed by atoms with Gasteiger partial charge in [0.05, 0.1) is 6.54 Å². The van der Waals surface area contributed by atoms with Crippen LogP contribution < -0.4 is 21.7 Å². The fourth-order valence-electron chi connectivity index (χ4n) is 2.14. The fraction of sp³-hybridized carbons (Fsp3) is 0.688. The van der Waals surface area contributed by atoms with Crippen molar-refractivity contribution in [1.29, 1.82) is 0 Å². The van der Waals surface area contributed by atoms with Gasteiger partial charge in [0, 0.05) is 6.42 Å². The number of rotatable bonds is 12. The van der Waals surface area contributed by atoms with E-state index < -0.39 is 47.8 Å². The van der Waals surface area contributed by atoms with Crippen LogP contribution >= 0.6 is 0 Å². The Bertz CT molecular complexity index is 565. The highest BCUT2D eigenvalue weighted by atomic mass is 16.4. The van der Waals surface area contributed by atoms with E-state index in [0.29, 0.717) is 0 Å². The number of hydrogen-bond acceptors (Lipinski definition) is 6. The number of amides is 3. The first-order valence-corrected chi connectivity index (χ1v) is 8.52. The van der Waals surface area contributed by atoms with Gasteiger partial charge in [0.1, 0.15) is 18.1 Å². The molecule has 3 amide bonds. The van der Waals surface area contributed by atoms with Crippen molar-refractivity contribution in [1.82, 2.24) is 16.0 Å². The van der Waals surface area contributed by atoms with Crippen molar-refractivity contribution in [3.05, 3.63) is 0 Å². The SMILES string of the molecule is CC(C)CC(NC(=O)C(CCC(=O)O)NC(=O)CN)C(=O)NC(C)C(=O)O. The number of carbonyl (C=O) groups is 5. The lowest BCUT2D eigenvalue weighted by molar-refractivity contribution is -0.141. The Morgan fingerprint density at radius 3 is 1.89 bits per heavy atom. The summed E-state index contributed by atoms with van der Waals surface area (Å²) in [7, 11) is 0. The smallest absolute Gasteiger partial charge is 0.325 e. The van der Waals surface area contributed by atoms with Gasteiger partial charge in [0.25, 0.3) is 0 Å². The van der Waals surface area contributed by atoms with E-state index in [0.717, 1.165) is 0 Å². The Labute approximate surface area is 157 Å². The molecule has 0 spiro atoms. The van der Waals surface area contributed by atoms with Gasteiger partial charge in [0.15, 0.2) is 0 Å². The average Bonchev–Trinajstić information content (AvgIpc) is 2.56. The Hall–Kier alpha value is -2.69. The lowest BCUT2D eigenvalue weighted by atomic mass is 10.0. The van der Waals surface area contributed by atoms with Crippen LogP contribution in [0.15, 0.2) is 0 Å². The third kappa shape index (κ3) is 10.1. The second-order valence-electron chi connectivity index (χ2n) is 6.52. The van der Waals surface area contributed by atoms with Gasteiger partial charge in [0.2, 0.25) is 17.7 Å². The van der Waals surface area contributed by atoms with Crippen LogP contribution in [0, 0.1) is 5.92 Å². The molecule has 11 heteroatoms. The van der Waals surface area contributed by atoms with Crippen LogP contribution in [0.1, 0.15) is 40.0 Å². The van der Waals surface area contributed by atoms with E-state index in [1.807, 2.05) is 13.8 Å². The molecule has 0 aliphatic rings. The summed E-state index contributed by atoms with van der Waals surface area (Å²) in [5.41, 5.74) is 5.20. The van der Waals surface area contributed by atoms with Crippen molar-refractivity contribution in [3.8, 4) is 0 Å². The summed E-state index contributed by atoms with van der Waals surface area (Å²) in [6, 6.07) is -3.37. The molecule has 0 rings (SSSR count). The minimum atomic E-state index is -1.23. The monoisotopic (exact) mass is 388 g/mol. The third-order valence-corrected chi connectivity index (χ3v) is 3.55. The third-order valence-electron chi connectivity index (χ3n) is 3.55. The van der Waals surface area contributed by atoms with Crippen molar-refractivity contribution in [3.63, 3.8) is 0 Å². The largest absolute Gasteiger partial charge is 0.481 e. The van der Waals surface area contributed by atoms with E-state index in [9.17, 15) is 24.0 Å². The number of aliphatic carboxylic acids is 2. The highest BCUT2D eigenvalue weighted by Gasteiger charge is 2.29. The number of carboxylic acids is 2. The minimum Gasteiger partial charge on any atom is -0.481 e. The molecule has 3 atom stereocenters. The molecule has 0 bridgehead atoms. The summed E-state index contributed by atoms with van der Waals surface area (Å²) in [5, 5.41) is 24.7. The lowest BCUT2D eigenvalue weighted by Crippen LogP contribution is -2.56. The van der Waals surface area contributed by atoms with Crippen LogP contribution in [-0.4, -0.2) is 64.5 Å². The number of nitrogens with one attached hydrogen (secondary N) is 3. The zero-order valence-corrected chi connectivity index (χ0v) is 15.7. The Morgan fingerprint density at radius 1 is 0.889 bits per heavy atom. The highest BCUT2D eigenvalue weighted by Crippen LogP contribution is 2.07. The number of carboxylic acid groups (broad SMARTS) is 2. The maximum atomic E-state index is 12.5. The summed E-state index contributed by atoms with van der Waals surface area (Å²) in [4.78, 5) is 57.9. The summed E-state index contributed by atoms with van der Waals surface area (Å²) >= 11 is 0. The van der Waals surface area contributed by atoms with E-state index >= 15 is 0 Å². The quantitative estimate of drug-likeness (QED) is 0.231. The van der Waals surface area contributed by atoms with E-state index in [4.69, 9.17) is 15.9 Å². The number of nitrogens with two attached hydrogens (primary N) is 1. The van der Waals surface area contributed by atoms with Gasteiger partial charge in [-0.15, -0.1) is 0 Å². The molecule has 0 radical (unpaired) electrons. The molecule has 0 aromatic heterocycles. The minimum absolute atomic E-state index is 0.00251. The first-order chi connectivity index (χ1) is 12.5. The molecule has 154 valence electrons. The predicted molar refractivity (Wildman–Crippen MR) is 94.5 cm³/mol. The molecule has 0 aliphatic heterocycles. The fourth-order valence-corrected chi connectivity index (χ4v) is 2.14. The highest BCUT2D eigenvalue weighted by molar-refractivity contribution is 5.93. The van der Waals surface area contributed by atoms with E-state index in [1.54, 1.807) is 0 Å². The van der Waals surface area contributed by atoms with Crippen LogP contribution in [0.4, 0.5) is 0 Å². The summed E-state index contributed by atoms with van der Waals surface area (Å²) in [5.74, 6) is -4.47. The molecule has 11 nitrogen and oxygen atoms in total. The molecule has 0 aromatic carbocycles. The van der Waals surface area contributed by atoms with Gasteiger partial charge in [-0.2, -0.15) is 0 Å². The van der Waals surface area contributed by atoms with Gasteiger partial charge in [-0.05, 0) is 25.7 Å². The first-order valence-electron chi connectivity index (χ1n) is 8.52. The van der Waals surface area contributed by atoms with Gasteiger partial charge in [-0.1, -0.05) is 13.8 Å². The molecule has 7 N–H and O–H groups in total. The molecule has 0 aromatic rings. The number of carbonyl (C=O) groups excluding carboxylic acids is 3. The van der Waals surface area contributed by atoms with Crippen molar-refractivity contribution in [2.24, 2.45) is 11.7 Å². The zero-order chi connectivity index (χ0) is 21.1. The summed E-state index contributed by atoms with van der Waals surface area (Å²) in [6.07, 6.45) is -0.338. The van der Waals surface area contributed by atoms with Crippen molar-refractivity contribution < 1.29 is 34.2 Å². The van der Waals surface area contributed by atoms with Gasteiger partial charge < -0.3 is 31.9 Å². The predicted octanol–water partition coefficient (Wildman–Crippen LogP) is -1.59. The van der Waals surface area contributed by atoms with Crippen molar-refractivity contribution >= 4 is 29.7 Å². The summed E-state index contributed by atoms with van der Waals surface area (Å²) < 4.78 is 0. The second-order valence-corrected chi connectivity index (χ2v) is 6.52. The Kier molecular flexibility index (Phi) is 10.7. The molecule has 3 unspecified atom stereocenters. The average molecular weight is 388 g/mol. The van der Waals surface area contributed by atoms with Gasteiger partial charge in [-0.25, -0.2) is 0 Å². The van der Waals surface area contributed by atoms with Crippen LogP contribution in [0.2, 0.25) is 0 Å².